The van der Waals surface area contributed by atoms with Gasteiger partial charge in [0, 0.05) is 25.3 Å². The fraction of sp³-hybridized carbons (Fsp3) is 0.200. The van der Waals surface area contributed by atoms with Crippen molar-refractivity contribution in [1.82, 2.24) is 0 Å². The van der Waals surface area contributed by atoms with Crippen LogP contribution in [0, 0.1) is 0 Å². The van der Waals surface area contributed by atoms with Gasteiger partial charge in [-0.25, -0.2) is 0 Å². The van der Waals surface area contributed by atoms with E-state index in [4.69, 9.17) is 0 Å². The molecule has 0 heterocycles. The molecule has 0 aromatic heterocycles. The molecule has 0 atom stereocenters. The third-order valence-corrected chi connectivity index (χ3v) is 2.78. The Labute approximate surface area is 115 Å². The van der Waals surface area contributed by atoms with Gasteiger partial charge in [-0.3, -0.25) is 0 Å². The van der Waals surface area contributed by atoms with E-state index in [0.717, 1.165) is 16.8 Å². The van der Waals surface area contributed by atoms with Gasteiger partial charge in [0.1, 0.15) is 5.75 Å². The van der Waals surface area contributed by atoms with Crippen molar-refractivity contribution in [3.63, 3.8) is 0 Å². The third kappa shape index (κ3) is 3.44. The zero-order valence-electron chi connectivity index (χ0n) is 11.1. The predicted octanol–water partition coefficient (Wildman–Crippen LogP) is 4.32. The van der Waals surface area contributed by atoms with Crippen LogP contribution in [0.25, 0.3) is 11.1 Å². The van der Waals surface area contributed by atoms with Gasteiger partial charge in [-0.1, -0.05) is 30.3 Å². The van der Waals surface area contributed by atoms with E-state index in [1.807, 2.05) is 43.3 Å². The van der Waals surface area contributed by atoms with Crippen LogP contribution in [0.3, 0.4) is 0 Å². The van der Waals surface area contributed by atoms with Gasteiger partial charge in [0.2, 0.25) is 0 Å². The molecule has 2 aromatic rings. The molecule has 2 rings (SSSR count). The molecule has 0 N–H and O–H groups in total. The second-order valence-electron chi connectivity index (χ2n) is 4.48. The minimum absolute atomic E-state index is 0.219. The highest BCUT2D eigenvalue weighted by Crippen LogP contribution is 2.31. The first-order chi connectivity index (χ1) is 9.37. The Morgan fingerprint density at radius 3 is 2.05 bits per heavy atom. The summed E-state index contributed by atoms with van der Waals surface area (Å²) in [6, 6.07) is 13.5. The second-order valence-corrected chi connectivity index (χ2v) is 4.48. The lowest BCUT2D eigenvalue weighted by atomic mass is 10.0. The molecule has 2 aromatic carbocycles. The highest BCUT2D eigenvalue weighted by atomic mass is 19.4. The van der Waals surface area contributed by atoms with Crippen LogP contribution in [0.2, 0.25) is 0 Å². The number of para-hydroxylation sites is 1. The Morgan fingerprint density at radius 2 is 1.50 bits per heavy atom. The molecule has 0 fully saturated rings. The second kappa shape index (κ2) is 5.45. The van der Waals surface area contributed by atoms with Crippen molar-refractivity contribution in [1.29, 1.82) is 0 Å². The maximum Gasteiger partial charge on any atom is 0.573 e. The largest absolute Gasteiger partial charge is 0.573 e. The molecule has 0 bridgehead atoms. The van der Waals surface area contributed by atoms with Crippen LogP contribution >= 0.6 is 0 Å². The summed E-state index contributed by atoms with van der Waals surface area (Å²) < 4.78 is 40.2. The zero-order valence-corrected chi connectivity index (χ0v) is 11.1. The average Bonchev–Trinajstić information content (AvgIpc) is 2.38. The highest BCUT2D eigenvalue weighted by Gasteiger charge is 2.30. The SMILES string of the molecule is CN(C)c1ccccc1-c1ccc(OC(F)(F)F)cc1. The van der Waals surface area contributed by atoms with Gasteiger partial charge in [-0.15, -0.1) is 13.2 Å². The molecule has 106 valence electrons. The van der Waals surface area contributed by atoms with Crippen LogP contribution in [0.5, 0.6) is 5.75 Å². The molecule has 0 amide bonds. The summed E-state index contributed by atoms with van der Waals surface area (Å²) in [5.41, 5.74) is 2.79. The molecule has 0 aliphatic rings. The van der Waals surface area contributed by atoms with Gasteiger partial charge in [-0.05, 0) is 23.8 Å². The van der Waals surface area contributed by atoms with Crippen LogP contribution in [-0.2, 0) is 0 Å². The number of ether oxygens (including phenoxy) is 1. The van der Waals surface area contributed by atoms with Crippen LogP contribution < -0.4 is 9.64 Å². The lowest BCUT2D eigenvalue weighted by molar-refractivity contribution is -0.274. The molecule has 0 aliphatic carbocycles. The van der Waals surface area contributed by atoms with E-state index in [9.17, 15) is 13.2 Å². The van der Waals surface area contributed by atoms with Gasteiger partial charge in [0.15, 0.2) is 0 Å². The Kier molecular flexibility index (Phi) is 3.88. The van der Waals surface area contributed by atoms with Crippen LogP contribution in [0.15, 0.2) is 48.5 Å². The van der Waals surface area contributed by atoms with E-state index in [2.05, 4.69) is 4.74 Å². The van der Waals surface area contributed by atoms with Gasteiger partial charge in [0.05, 0.1) is 0 Å². The Bertz CT molecular complexity index is 576. The predicted molar refractivity (Wildman–Crippen MR) is 72.9 cm³/mol. The lowest BCUT2D eigenvalue weighted by Gasteiger charge is -2.17. The summed E-state index contributed by atoms with van der Waals surface area (Å²) in [6.45, 7) is 0. The Balaban J connectivity index is 2.31. The first-order valence-electron chi connectivity index (χ1n) is 5.99. The topological polar surface area (TPSA) is 12.5 Å². The summed E-state index contributed by atoms with van der Waals surface area (Å²) in [5.74, 6) is -0.219. The van der Waals surface area contributed by atoms with Crippen LogP contribution in [0.1, 0.15) is 0 Å². The van der Waals surface area contributed by atoms with Gasteiger partial charge < -0.3 is 9.64 Å². The van der Waals surface area contributed by atoms with Crippen molar-refractivity contribution in [2.45, 2.75) is 6.36 Å². The fourth-order valence-corrected chi connectivity index (χ4v) is 1.94. The normalized spacial score (nSPS) is 11.2. The molecule has 0 aliphatic heterocycles. The Morgan fingerprint density at radius 1 is 0.900 bits per heavy atom. The van der Waals surface area contributed by atoms with Crippen molar-refractivity contribution in [2.24, 2.45) is 0 Å². The summed E-state index contributed by atoms with van der Waals surface area (Å²) in [6.07, 6.45) is -4.66. The Hall–Kier alpha value is -2.17. The first kappa shape index (κ1) is 14.2. The van der Waals surface area contributed by atoms with Crippen molar-refractivity contribution in [3.05, 3.63) is 48.5 Å². The monoisotopic (exact) mass is 281 g/mol. The van der Waals surface area contributed by atoms with E-state index in [0.29, 0.717) is 0 Å². The number of nitrogens with zero attached hydrogens (tertiary/aromatic N) is 1. The zero-order chi connectivity index (χ0) is 14.8. The van der Waals surface area contributed by atoms with Gasteiger partial charge >= 0.3 is 6.36 Å². The minimum atomic E-state index is -4.66. The molecule has 5 heteroatoms. The van der Waals surface area contributed by atoms with Crippen molar-refractivity contribution in [2.75, 3.05) is 19.0 Å². The molecule has 0 spiro atoms. The number of alkyl halides is 3. The smallest absolute Gasteiger partial charge is 0.406 e. The number of halogens is 3. The molecule has 20 heavy (non-hydrogen) atoms. The van der Waals surface area contributed by atoms with Crippen molar-refractivity contribution < 1.29 is 17.9 Å². The molecule has 0 unspecified atom stereocenters. The van der Waals surface area contributed by atoms with Gasteiger partial charge in [0.25, 0.3) is 0 Å². The van der Waals surface area contributed by atoms with E-state index >= 15 is 0 Å². The molecule has 0 saturated heterocycles. The number of hydrogen-bond donors (Lipinski definition) is 0. The minimum Gasteiger partial charge on any atom is -0.406 e. The standard InChI is InChI=1S/C15H14F3NO/c1-19(2)14-6-4-3-5-13(14)11-7-9-12(10-8-11)20-15(16,17)18/h3-10H,1-2H3. The fourth-order valence-electron chi connectivity index (χ4n) is 1.94. The molecule has 0 radical (unpaired) electrons. The summed E-state index contributed by atoms with van der Waals surface area (Å²) in [5, 5.41) is 0. The summed E-state index contributed by atoms with van der Waals surface area (Å²) in [4.78, 5) is 1.95. The van der Waals surface area contributed by atoms with Crippen LogP contribution in [-0.4, -0.2) is 20.5 Å². The third-order valence-electron chi connectivity index (χ3n) is 2.78. The number of hydrogen-bond acceptors (Lipinski definition) is 2. The van der Waals surface area contributed by atoms with E-state index < -0.39 is 6.36 Å². The van der Waals surface area contributed by atoms with Gasteiger partial charge in [-0.2, -0.15) is 0 Å². The number of benzene rings is 2. The lowest BCUT2D eigenvalue weighted by Crippen LogP contribution is -2.16. The van der Waals surface area contributed by atoms with Crippen molar-refractivity contribution >= 4 is 5.69 Å². The molecule has 0 saturated carbocycles. The average molecular weight is 281 g/mol. The van der Waals surface area contributed by atoms with E-state index in [1.165, 1.54) is 12.1 Å². The van der Waals surface area contributed by atoms with Crippen molar-refractivity contribution in [3.8, 4) is 16.9 Å². The summed E-state index contributed by atoms with van der Waals surface area (Å²) in [7, 11) is 3.83. The number of anilines is 1. The summed E-state index contributed by atoms with van der Waals surface area (Å²) >= 11 is 0. The van der Waals surface area contributed by atoms with E-state index in [1.54, 1.807) is 12.1 Å². The quantitative estimate of drug-likeness (QED) is 0.830. The molecular formula is C15H14F3NO. The first-order valence-corrected chi connectivity index (χ1v) is 5.99. The van der Waals surface area contributed by atoms with E-state index in [-0.39, 0.29) is 5.75 Å². The molecular weight excluding hydrogens is 267 g/mol. The number of rotatable bonds is 3. The molecule has 2 nitrogen and oxygen atoms in total. The maximum absolute atomic E-state index is 12.1. The highest BCUT2D eigenvalue weighted by molar-refractivity contribution is 5.78. The maximum atomic E-state index is 12.1. The van der Waals surface area contributed by atoms with Crippen LogP contribution in [0.4, 0.5) is 18.9 Å².